The summed E-state index contributed by atoms with van der Waals surface area (Å²) in [5, 5.41) is 0. The molecule has 0 aliphatic heterocycles. The molecule has 1 aromatic rings. The molecule has 0 heterocycles. The maximum absolute atomic E-state index is 13.0. The fourth-order valence-electron chi connectivity index (χ4n) is 1.34. The van der Waals surface area contributed by atoms with Crippen molar-refractivity contribution < 1.29 is 18.3 Å². The molecule has 0 N–H and O–H groups in total. The molecular weight excluding hydrogens is 214 g/mol. The Labute approximate surface area is 93.2 Å². The van der Waals surface area contributed by atoms with Gasteiger partial charge in [-0.3, -0.25) is 4.79 Å². The van der Waals surface area contributed by atoms with E-state index in [1.165, 1.54) is 13.2 Å². The molecule has 1 rings (SSSR count). The Balaban J connectivity index is 3.09. The number of Topliss-reactive ketones (excluding diaryl/α,β-unsaturated/α-hetero) is 1. The monoisotopic (exact) mass is 228 g/mol. The third-order valence-electron chi connectivity index (χ3n) is 2.79. The van der Waals surface area contributed by atoms with Crippen LogP contribution >= 0.6 is 0 Å². The van der Waals surface area contributed by atoms with Gasteiger partial charge in [-0.05, 0) is 31.5 Å². The van der Waals surface area contributed by atoms with E-state index in [2.05, 4.69) is 0 Å². The van der Waals surface area contributed by atoms with E-state index >= 15 is 0 Å². The predicted molar refractivity (Wildman–Crippen MR) is 56.4 cm³/mol. The van der Waals surface area contributed by atoms with Gasteiger partial charge in [0.1, 0.15) is 5.60 Å². The van der Waals surface area contributed by atoms with Crippen LogP contribution in [0.15, 0.2) is 18.2 Å². The summed E-state index contributed by atoms with van der Waals surface area (Å²) in [4.78, 5) is 12.0. The number of hydrogen-bond donors (Lipinski definition) is 0. The third-order valence-corrected chi connectivity index (χ3v) is 2.79. The zero-order valence-corrected chi connectivity index (χ0v) is 9.51. The fraction of sp³-hybridized carbons (Fsp3) is 0.417. The minimum atomic E-state index is -1.03. The summed E-state index contributed by atoms with van der Waals surface area (Å²) in [6.07, 6.45) is 0.460. The molecule has 0 saturated carbocycles. The predicted octanol–water partition coefficient (Wildman–Crippen LogP) is 2.96. The van der Waals surface area contributed by atoms with Crippen LogP contribution in [0.25, 0.3) is 0 Å². The first-order chi connectivity index (χ1) is 7.44. The first-order valence-corrected chi connectivity index (χ1v) is 4.99. The van der Waals surface area contributed by atoms with E-state index in [0.29, 0.717) is 6.42 Å². The van der Waals surface area contributed by atoms with Crippen LogP contribution in [0.1, 0.15) is 30.6 Å². The number of halogens is 2. The quantitative estimate of drug-likeness (QED) is 0.740. The average molecular weight is 228 g/mol. The van der Waals surface area contributed by atoms with Gasteiger partial charge >= 0.3 is 0 Å². The molecule has 1 atom stereocenters. The van der Waals surface area contributed by atoms with Gasteiger partial charge in [0.25, 0.3) is 0 Å². The molecule has 2 nitrogen and oxygen atoms in total. The van der Waals surface area contributed by atoms with Gasteiger partial charge in [0.15, 0.2) is 17.4 Å². The van der Waals surface area contributed by atoms with E-state index in [4.69, 9.17) is 4.74 Å². The summed E-state index contributed by atoms with van der Waals surface area (Å²) in [6.45, 7) is 3.41. The molecule has 0 aromatic heterocycles. The standard InChI is InChI=1S/C12H14F2O2/c1-4-12(2,16-3)11(15)8-5-6-9(13)10(14)7-8/h5-7H,4H2,1-3H3. The smallest absolute Gasteiger partial charge is 0.194 e. The first-order valence-electron chi connectivity index (χ1n) is 4.99. The number of methoxy groups -OCH3 is 1. The van der Waals surface area contributed by atoms with Crippen molar-refractivity contribution in [3.8, 4) is 0 Å². The van der Waals surface area contributed by atoms with Crippen LogP contribution in [0, 0.1) is 11.6 Å². The van der Waals surface area contributed by atoms with Gasteiger partial charge in [-0.2, -0.15) is 0 Å². The maximum Gasteiger partial charge on any atom is 0.194 e. The SMILES string of the molecule is CCC(C)(OC)C(=O)c1ccc(F)c(F)c1. The normalized spacial score (nSPS) is 14.6. The van der Waals surface area contributed by atoms with E-state index < -0.39 is 17.2 Å². The van der Waals surface area contributed by atoms with Crippen molar-refractivity contribution in [3.05, 3.63) is 35.4 Å². The number of carbonyl (C=O) groups is 1. The van der Waals surface area contributed by atoms with Crippen LogP contribution in [0.5, 0.6) is 0 Å². The first kappa shape index (κ1) is 12.8. The molecule has 0 aliphatic rings. The molecule has 4 heteroatoms. The van der Waals surface area contributed by atoms with E-state index in [0.717, 1.165) is 12.1 Å². The Morgan fingerprint density at radius 3 is 2.44 bits per heavy atom. The van der Waals surface area contributed by atoms with Gasteiger partial charge in [-0.1, -0.05) is 6.92 Å². The maximum atomic E-state index is 13.0. The van der Waals surface area contributed by atoms with E-state index in [9.17, 15) is 13.6 Å². The summed E-state index contributed by atoms with van der Waals surface area (Å²) in [5.41, 5.74) is -0.880. The highest BCUT2D eigenvalue weighted by Gasteiger charge is 2.32. The lowest BCUT2D eigenvalue weighted by Gasteiger charge is -2.24. The molecule has 0 fully saturated rings. The Hall–Kier alpha value is -1.29. The van der Waals surface area contributed by atoms with Crippen molar-refractivity contribution >= 4 is 5.78 Å². The van der Waals surface area contributed by atoms with E-state index in [-0.39, 0.29) is 11.3 Å². The molecule has 0 amide bonds. The lowest BCUT2D eigenvalue weighted by atomic mass is 9.92. The number of ether oxygens (including phenoxy) is 1. The van der Waals surface area contributed by atoms with Gasteiger partial charge in [0.05, 0.1) is 0 Å². The minimum absolute atomic E-state index is 0.116. The van der Waals surface area contributed by atoms with Crippen molar-refractivity contribution in [3.63, 3.8) is 0 Å². The zero-order valence-electron chi connectivity index (χ0n) is 9.51. The molecule has 1 unspecified atom stereocenters. The number of hydrogen-bond acceptors (Lipinski definition) is 2. The van der Waals surface area contributed by atoms with Crippen LogP contribution in [0.2, 0.25) is 0 Å². The van der Waals surface area contributed by atoms with Crippen LogP contribution in [-0.4, -0.2) is 18.5 Å². The Morgan fingerprint density at radius 1 is 1.38 bits per heavy atom. The van der Waals surface area contributed by atoms with Gasteiger partial charge in [0.2, 0.25) is 0 Å². The van der Waals surface area contributed by atoms with Crippen LogP contribution < -0.4 is 0 Å². The Morgan fingerprint density at radius 2 is 2.00 bits per heavy atom. The number of benzene rings is 1. The van der Waals surface area contributed by atoms with E-state index in [1.807, 2.05) is 0 Å². The fourth-order valence-corrected chi connectivity index (χ4v) is 1.34. The van der Waals surface area contributed by atoms with Crippen molar-refractivity contribution in [1.82, 2.24) is 0 Å². The molecular formula is C12H14F2O2. The molecule has 88 valence electrons. The molecule has 0 aliphatic carbocycles. The summed E-state index contributed by atoms with van der Waals surface area (Å²) < 4.78 is 30.8. The van der Waals surface area contributed by atoms with Crippen molar-refractivity contribution in [1.29, 1.82) is 0 Å². The second kappa shape index (κ2) is 4.70. The summed E-state index contributed by atoms with van der Waals surface area (Å²) in [6, 6.07) is 3.09. The van der Waals surface area contributed by atoms with Crippen molar-refractivity contribution in [2.45, 2.75) is 25.9 Å². The van der Waals surface area contributed by atoms with Crippen LogP contribution in [0.4, 0.5) is 8.78 Å². The minimum Gasteiger partial charge on any atom is -0.370 e. The van der Waals surface area contributed by atoms with Gasteiger partial charge in [-0.15, -0.1) is 0 Å². The lowest BCUT2D eigenvalue weighted by molar-refractivity contribution is 0.0106. The van der Waals surface area contributed by atoms with Crippen molar-refractivity contribution in [2.24, 2.45) is 0 Å². The lowest BCUT2D eigenvalue weighted by Crippen LogP contribution is -2.36. The highest BCUT2D eigenvalue weighted by Crippen LogP contribution is 2.21. The Kier molecular flexibility index (Phi) is 3.75. The molecule has 1 aromatic carbocycles. The number of rotatable bonds is 4. The second-order valence-corrected chi connectivity index (χ2v) is 3.75. The van der Waals surface area contributed by atoms with E-state index in [1.54, 1.807) is 13.8 Å². The summed E-state index contributed by atoms with van der Waals surface area (Å²) in [7, 11) is 1.42. The zero-order chi connectivity index (χ0) is 12.3. The molecule has 0 bridgehead atoms. The third kappa shape index (κ3) is 2.27. The topological polar surface area (TPSA) is 26.3 Å². The molecule has 0 saturated heterocycles. The largest absolute Gasteiger partial charge is 0.370 e. The van der Waals surface area contributed by atoms with Gasteiger partial charge < -0.3 is 4.74 Å². The summed E-state index contributed by atoms with van der Waals surface area (Å²) in [5.74, 6) is -2.34. The van der Waals surface area contributed by atoms with Crippen LogP contribution in [-0.2, 0) is 4.74 Å². The Bertz CT molecular complexity index is 398. The number of carbonyl (C=O) groups excluding carboxylic acids is 1. The average Bonchev–Trinajstić information content (AvgIpc) is 2.30. The molecule has 0 radical (unpaired) electrons. The number of ketones is 1. The second-order valence-electron chi connectivity index (χ2n) is 3.75. The van der Waals surface area contributed by atoms with Gasteiger partial charge in [-0.25, -0.2) is 8.78 Å². The van der Waals surface area contributed by atoms with Gasteiger partial charge in [0, 0.05) is 12.7 Å². The molecule has 0 spiro atoms. The highest BCUT2D eigenvalue weighted by molar-refractivity contribution is 6.02. The summed E-state index contributed by atoms with van der Waals surface area (Å²) >= 11 is 0. The molecule has 16 heavy (non-hydrogen) atoms. The van der Waals surface area contributed by atoms with Crippen LogP contribution in [0.3, 0.4) is 0 Å². The highest BCUT2D eigenvalue weighted by atomic mass is 19.2. The van der Waals surface area contributed by atoms with Crippen molar-refractivity contribution in [2.75, 3.05) is 7.11 Å².